The van der Waals surface area contributed by atoms with Crippen LogP contribution in [0.4, 0.5) is 10.1 Å². The maximum atomic E-state index is 13.3. The van der Waals surface area contributed by atoms with Crippen LogP contribution in [0.1, 0.15) is 41.3 Å². The fraction of sp³-hybridized carbons (Fsp3) is 0.154. The maximum absolute atomic E-state index is 13.3. The molecule has 0 bridgehead atoms. The van der Waals surface area contributed by atoms with E-state index in [0.29, 0.717) is 21.8 Å². The molecule has 0 spiro atoms. The van der Waals surface area contributed by atoms with Crippen molar-refractivity contribution in [2.45, 2.75) is 26.2 Å². The number of benzene rings is 3. The van der Waals surface area contributed by atoms with Gasteiger partial charge in [-0.1, -0.05) is 60.8 Å². The first kappa shape index (κ1) is 24.5. The van der Waals surface area contributed by atoms with Crippen LogP contribution in [0.2, 0.25) is 10.0 Å². The van der Waals surface area contributed by atoms with Gasteiger partial charge in [0, 0.05) is 11.3 Å². The summed E-state index contributed by atoms with van der Waals surface area (Å²) in [5.74, 6) is -1.40. The molecule has 3 rings (SSSR count). The highest BCUT2D eigenvalue weighted by Gasteiger charge is 2.16. The van der Waals surface area contributed by atoms with Crippen LogP contribution in [0.3, 0.4) is 0 Å². The summed E-state index contributed by atoms with van der Waals surface area (Å²) >= 11 is 12.0. The second kappa shape index (κ2) is 11.6. The molecule has 0 heterocycles. The molecule has 4 nitrogen and oxygen atoms in total. The highest BCUT2D eigenvalue weighted by atomic mass is 35.5. The Bertz CT molecular complexity index is 1160. The lowest BCUT2D eigenvalue weighted by Crippen LogP contribution is -2.30. The van der Waals surface area contributed by atoms with Crippen LogP contribution in [0, 0.1) is 5.82 Å². The van der Waals surface area contributed by atoms with Gasteiger partial charge in [0.2, 0.25) is 0 Å². The number of aryl methyl sites for hydroxylation is 1. The van der Waals surface area contributed by atoms with Crippen molar-refractivity contribution in [3.8, 4) is 0 Å². The van der Waals surface area contributed by atoms with Crippen LogP contribution in [0.5, 0.6) is 0 Å². The van der Waals surface area contributed by atoms with Crippen molar-refractivity contribution in [2.24, 2.45) is 0 Å². The van der Waals surface area contributed by atoms with E-state index in [1.807, 2.05) is 12.1 Å². The van der Waals surface area contributed by atoms with E-state index < -0.39 is 17.6 Å². The van der Waals surface area contributed by atoms with E-state index in [-0.39, 0.29) is 10.7 Å². The zero-order valence-corrected chi connectivity index (χ0v) is 19.5. The van der Waals surface area contributed by atoms with Gasteiger partial charge in [0.1, 0.15) is 11.5 Å². The van der Waals surface area contributed by atoms with Gasteiger partial charge >= 0.3 is 0 Å². The van der Waals surface area contributed by atoms with Crippen LogP contribution in [0.15, 0.2) is 72.4 Å². The Hall–Kier alpha value is -3.15. The van der Waals surface area contributed by atoms with Gasteiger partial charge in [0.15, 0.2) is 0 Å². The Morgan fingerprint density at radius 2 is 1.64 bits per heavy atom. The third-order valence-electron chi connectivity index (χ3n) is 4.89. The molecule has 0 aliphatic heterocycles. The van der Waals surface area contributed by atoms with Crippen molar-refractivity contribution in [2.75, 3.05) is 5.32 Å². The predicted molar refractivity (Wildman–Crippen MR) is 132 cm³/mol. The van der Waals surface area contributed by atoms with Crippen molar-refractivity contribution in [1.29, 1.82) is 0 Å². The molecule has 0 atom stereocenters. The minimum atomic E-state index is -0.564. The van der Waals surface area contributed by atoms with Crippen LogP contribution >= 0.6 is 23.2 Å². The minimum absolute atomic E-state index is 0.00672. The largest absolute Gasteiger partial charge is 0.321 e. The molecule has 0 aliphatic rings. The van der Waals surface area contributed by atoms with Crippen LogP contribution in [-0.2, 0) is 11.2 Å². The lowest BCUT2D eigenvalue weighted by Gasteiger charge is -2.12. The summed E-state index contributed by atoms with van der Waals surface area (Å²) in [4.78, 5) is 25.8. The smallest absolute Gasteiger partial charge is 0.272 e. The third kappa shape index (κ3) is 7.17. The Kier molecular flexibility index (Phi) is 8.64. The lowest BCUT2D eigenvalue weighted by atomic mass is 10.1. The molecule has 0 fully saturated rings. The first-order chi connectivity index (χ1) is 15.9. The van der Waals surface area contributed by atoms with Gasteiger partial charge in [0.05, 0.1) is 10.0 Å². The number of amides is 2. The van der Waals surface area contributed by atoms with E-state index in [1.165, 1.54) is 36.4 Å². The Morgan fingerprint density at radius 1 is 0.939 bits per heavy atom. The van der Waals surface area contributed by atoms with Gasteiger partial charge in [-0.25, -0.2) is 4.39 Å². The second-order valence-electron chi connectivity index (χ2n) is 7.45. The molecule has 3 aromatic rings. The number of rotatable bonds is 8. The maximum Gasteiger partial charge on any atom is 0.272 e. The zero-order valence-electron chi connectivity index (χ0n) is 18.0. The predicted octanol–water partition coefficient (Wildman–Crippen LogP) is 6.88. The molecule has 0 aliphatic carbocycles. The topological polar surface area (TPSA) is 58.2 Å². The third-order valence-corrected chi connectivity index (χ3v) is 5.63. The van der Waals surface area contributed by atoms with E-state index in [1.54, 1.807) is 24.3 Å². The van der Waals surface area contributed by atoms with Crippen molar-refractivity contribution in [3.63, 3.8) is 0 Å². The molecule has 2 N–H and O–H groups in total. The Labute approximate surface area is 202 Å². The second-order valence-corrected chi connectivity index (χ2v) is 8.26. The van der Waals surface area contributed by atoms with E-state index >= 15 is 0 Å². The summed E-state index contributed by atoms with van der Waals surface area (Å²) in [5.41, 5.74) is 2.52. The molecule has 33 heavy (non-hydrogen) atoms. The average Bonchev–Trinajstić information content (AvgIpc) is 2.81. The number of hydrogen-bond acceptors (Lipinski definition) is 2. The van der Waals surface area contributed by atoms with Gasteiger partial charge in [0.25, 0.3) is 11.8 Å². The molecule has 3 aromatic carbocycles. The number of unbranched alkanes of at least 4 members (excludes halogenated alkanes) is 1. The van der Waals surface area contributed by atoms with Crippen LogP contribution in [-0.4, -0.2) is 11.8 Å². The van der Waals surface area contributed by atoms with Gasteiger partial charge in [-0.3, -0.25) is 9.59 Å². The standard InChI is InChI=1S/C26H23Cl2FN2O2/c1-2-3-4-17-5-9-19(10-6-17)25(32)31-24(15-18-7-11-20(29)12-8-18)26(33)30-21-13-14-22(27)23(28)16-21/h5-16H,2-4H2,1H3,(H,30,33)(H,31,32)/b24-15-. The first-order valence-corrected chi connectivity index (χ1v) is 11.2. The van der Waals surface area contributed by atoms with Gasteiger partial charge in [-0.05, 0) is 72.5 Å². The lowest BCUT2D eigenvalue weighted by molar-refractivity contribution is -0.113. The highest BCUT2D eigenvalue weighted by Crippen LogP contribution is 2.25. The van der Waals surface area contributed by atoms with E-state index in [2.05, 4.69) is 17.6 Å². The number of nitrogens with one attached hydrogen (secondary N) is 2. The van der Waals surface area contributed by atoms with E-state index in [4.69, 9.17) is 23.2 Å². The Morgan fingerprint density at radius 3 is 2.27 bits per heavy atom. The minimum Gasteiger partial charge on any atom is -0.321 e. The Balaban J connectivity index is 1.83. The molecule has 0 saturated carbocycles. The van der Waals surface area contributed by atoms with Crippen LogP contribution < -0.4 is 10.6 Å². The molecule has 170 valence electrons. The van der Waals surface area contributed by atoms with E-state index in [0.717, 1.165) is 24.8 Å². The van der Waals surface area contributed by atoms with E-state index in [9.17, 15) is 14.0 Å². The summed E-state index contributed by atoms with van der Waals surface area (Å²) in [6.45, 7) is 2.12. The summed E-state index contributed by atoms with van der Waals surface area (Å²) in [5, 5.41) is 5.99. The zero-order chi connectivity index (χ0) is 23.8. The highest BCUT2D eigenvalue weighted by molar-refractivity contribution is 6.42. The molecular weight excluding hydrogens is 462 g/mol. The number of hydrogen-bond donors (Lipinski definition) is 2. The normalized spacial score (nSPS) is 11.2. The summed E-state index contributed by atoms with van der Waals surface area (Å²) in [6, 6.07) is 17.5. The first-order valence-electron chi connectivity index (χ1n) is 10.5. The molecule has 7 heteroatoms. The molecule has 0 unspecified atom stereocenters. The number of halogens is 3. The molecule has 0 saturated heterocycles. The van der Waals surface area contributed by atoms with Crippen molar-refractivity contribution in [1.82, 2.24) is 5.32 Å². The number of carbonyl (C=O) groups excluding carboxylic acids is 2. The average molecular weight is 485 g/mol. The fourth-order valence-corrected chi connectivity index (χ4v) is 3.35. The molecule has 0 aromatic heterocycles. The van der Waals surface area contributed by atoms with Gasteiger partial charge < -0.3 is 10.6 Å². The molecular formula is C26H23Cl2FN2O2. The van der Waals surface area contributed by atoms with Gasteiger partial charge in [-0.2, -0.15) is 0 Å². The number of carbonyl (C=O) groups is 2. The SMILES string of the molecule is CCCCc1ccc(C(=O)N/C(=C\c2ccc(F)cc2)C(=O)Nc2ccc(Cl)c(Cl)c2)cc1. The van der Waals surface area contributed by atoms with Crippen molar-refractivity contribution < 1.29 is 14.0 Å². The monoisotopic (exact) mass is 484 g/mol. The van der Waals surface area contributed by atoms with Crippen molar-refractivity contribution >= 4 is 46.8 Å². The molecule has 0 radical (unpaired) electrons. The van der Waals surface area contributed by atoms with Crippen LogP contribution in [0.25, 0.3) is 6.08 Å². The molecule has 2 amide bonds. The number of anilines is 1. The summed E-state index contributed by atoms with van der Waals surface area (Å²) < 4.78 is 13.3. The summed E-state index contributed by atoms with van der Waals surface area (Å²) in [7, 11) is 0. The quantitative estimate of drug-likeness (QED) is 0.342. The fourth-order valence-electron chi connectivity index (χ4n) is 3.05. The van der Waals surface area contributed by atoms with Crippen molar-refractivity contribution in [3.05, 3.63) is 105 Å². The van der Waals surface area contributed by atoms with Gasteiger partial charge in [-0.15, -0.1) is 0 Å². The summed E-state index contributed by atoms with van der Waals surface area (Å²) in [6.07, 6.45) is 4.58.